The van der Waals surface area contributed by atoms with Crippen molar-refractivity contribution in [2.75, 3.05) is 54.2 Å². The molecule has 1 aromatic carbocycles. The van der Waals surface area contributed by atoms with E-state index in [0.29, 0.717) is 18.7 Å². The highest BCUT2D eigenvalue weighted by molar-refractivity contribution is 5.92. The fraction of sp³-hybridized carbons (Fsp3) is 0.732. The van der Waals surface area contributed by atoms with Crippen molar-refractivity contribution >= 4 is 35.3 Å². The zero-order valence-electron chi connectivity index (χ0n) is 35.1. The Morgan fingerprint density at radius 3 is 2.16 bits per heavy atom. The average molecular weight is 773 g/mol. The maximum absolute atomic E-state index is 14.3. The van der Waals surface area contributed by atoms with Gasteiger partial charge >= 0.3 is 5.97 Å². The number of nitrogens with two attached hydrogens (primary N) is 1. The van der Waals surface area contributed by atoms with Crippen LogP contribution in [-0.2, 0) is 44.6 Å². The lowest BCUT2D eigenvalue weighted by molar-refractivity contribution is -0.149. The third kappa shape index (κ3) is 11.0. The summed E-state index contributed by atoms with van der Waals surface area (Å²) < 4.78 is 17.0. The highest BCUT2D eigenvalue weighted by Crippen LogP contribution is 2.31. The van der Waals surface area contributed by atoms with Gasteiger partial charge in [-0.25, -0.2) is 4.79 Å². The zero-order valence-corrected chi connectivity index (χ0v) is 35.1. The van der Waals surface area contributed by atoms with E-state index >= 15 is 0 Å². The fourth-order valence-corrected chi connectivity index (χ4v) is 8.25. The Bertz CT molecular complexity index is 1460. The number of benzene rings is 1. The van der Waals surface area contributed by atoms with Crippen molar-refractivity contribution in [3.05, 3.63) is 29.8 Å². The second-order valence-electron chi connectivity index (χ2n) is 16.1. The molecule has 0 radical (unpaired) electrons. The summed E-state index contributed by atoms with van der Waals surface area (Å²) in [6, 6.07) is 4.50. The van der Waals surface area contributed by atoms with Gasteiger partial charge in [0.15, 0.2) is 0 Å². The van der Waals surface area contributed by atoms with Crippen LogP contribution in [0.5, 0.6) is 0 Å². The number of ether oxygens (including phenoxy) is 3. The second kappa shape index (κ2) is 20.4. The normalized spacial score (nSPS) is 22.6. The number of likely N-dealkylation sites (tertiary alicyclic amines) is 2. The molecule has 14 heteroatoms. The molecule has 0 spiro atoms. The van der Waals surface area contributed by atoms with E-state index in [1.54, 1.807) is 55.1 Å². The number of carbonyl (C=O) groups is 5. The van der Waals surface area contributed by atoms with Gasteiger partial charge < -0.3 is 40.4 Å². The molecule has 3 rings (SSSR count). The van der Waals surface area contributed by atoms with Crippen molar-refractivity contribution in [1.82, 2.24) is 25.3 Å². The molecule has 4 N–H and O–H groups in total. The van der Waals surface area contributed by atoms with Crippen LogP contribution in [0.2, 0.25) is 0 Å². The number of nitrogens with one attached hydrogen (secondary N) is 2. The summed E-state index contributed by atoms with van der Waals surface area (Å²) in [7, 11) is 8.02. The number of hydrogen-bond donors (Lipinski definition) is 3. The lowest BCUT2D eigenvalue weighted by Gasteiger charge is -2.41. The summed E-state index contributed by atoms with van der Waals surface area (Å²) in [5.41, 5.74) is 6.53. The van der Waals surface area contributed by atoms with Gasteiger partial charge in [0.05, 0.1) is 49.3 Å². The molecule has 310 valence electrons. The van der Waals surface area contributed by atoms with Crippen LogP contribution in [0.4, 0.5) is 5.69 Å². The molecule has 2 saturated heterocycles. The maximum atomic E-state index is 14.3. The molecule has 0 bridgehead atoms. The lowest BCUT2D eigenvalue weighted by Crippen LogP contribution is -2.61. The van der Waals surface area contributed by atoms with Crippen LogP contribution in [0.1, 0.15) is 85.6 Å². The first-order valence-corrected chi connectivity index (χ1v) is 19.8. The average Bonchev–Trinajstić information content (AvgIpc) is 3.79. The van der Waals surface area contributed by atoms with Gasteiger partial charge in [-0.05, 0) is 75.7 Å². The van der Waals surface area contributed by atoms with E-state index in [-0.39, 0.29) is 42.4 Å². The second-order valence-corrected chi connectivity index (χ2v) is 16.1. The van der Waals surface area contributed by atoms with Crippen molar-refractivity contribution in [3.63, 3.8) is 0 Å². The van der Waals surface area contributed by atoms with E-state index in [4.69, 9.17) is 19.9 Å². The molecule has 0 aromatic heterocycles. The zero-order chi connectivity index (χ0) is 41.2. The maximum Gasteiger partial charge on any atom is 0.328 e. The molecule has 2 aliphatic rings. The van der Waals surface area contributed by atoms with Crippen molar-refractivity contribution < 1.29 is 38.2 Å². The Hall–Kier alpha value is -3.75. The van der Waals surface area contributed by atoms with Crippen LogP contribution in [-0.4, -0.2) is 135 Å². The molecule has 1 aromatic rings. The molecule has 0 saturated carbocycles. The number of hydrogen-bond acceptors (Lipinski definition) is 10. The molecule has 2 fully saturated rings. The van der Waals surface area contributed by atoms with Gasteiger partial charge in [0.25, 0.3) is 0 Å². The van der Waals surface area contributed by atoms with Crippen LogP contribution in [0.3, 0.4) is 0 Å². The summed E-state index contributed by atoms with van der Waals surface area (Å²) in [6.07, 6.45) is 2.63. The predicted molar refractivity (Wildman–Crippen MR) is 212 cm³/mol. The smallest absolute Gasteiger partial charge is 0.328 e. The molecule has 0 aliphatic carbocycles. The summed E-state index contributed by atoms with van der Waals surface area (Å²) in [5, 5.41) is 5.92. The molecule has 4 amide bonds. The lowest BCUT2D eigenvalue weighted by atomic mass is 9.89. The van der Waals surface area contributed by atoms with E-state index in [1.165, 1.54) is 14.2 Å². The van der Waals surface area contributed by atoms with E-state index in [9.17, 15) is 24.0 Å². The third-order valence-electron chi connectivity index (χ3n) is 12.2. The largest absolute Gasteiger partial charge is 0.467 e. The number of anilines is 1. The first-order chi connectivity index (χ1) is 25.9. The van der Waals surface area contributed by atoms with E-state index in [1.807, 2.05) is 46.6 Å². The minimum absolute atomic E-state index is 0.00418. The van der Waals surface area contributed by atoms with E-state index < -0.39 is 59.7 Å². The number of amides is 4. The summed E-state index contributed by atoms with van der Waals surface area (Å²) >= 11 is 0. The van der Waals surface area contributed by atoms with Crippen molar-refractivity contribution in [2.24, 2.45) is 17.8 Å². The Morgan fingerprint density at radius 2 is 1.64 bits per heavy atom. The number of likely N-dealkylation sites (N-methyl/N-ethyl adjacent to an activating group) is 2. The first-order valence-electron chi connectivity index (χ1n) is 19.8. The minimum Gasteiger partial charge on any atom is -0.467 e. The van der Waals surface area contributed by atoms with Crippen LogP contribution < -0.4 is 16.4 Å². The number of rotatable bonds is 19. The van der Waals surface area contributed by atoms with Gasteiger partial charge in [0, 0.05) is 39.9 Å². The Kier molecular flexibility index (Phi) is 16.9. The number of carbonyl (C=O) groups excluding carboxylic acids is 5. The number of nitrogens with zero attached hydrogens (tertiary/aromatic N) is 3. The number of nitrogen functional groups attached to an aromatic ring is 1. The molecule has 14 nitrogen and oxygen atoms in total. The SMILES string of the molecule is CC[C@H](C)[C@@H]([C@@H](CC(=O)N1CCC[C@H]1[C@H](OC)[C@@H](C)C(=O)N[C@@H](Cc1ccc(N)cc1)C(=O)OC)OC)N(C)C(=O)C(NC(=O)[C@]1(C)CCCN1C)C(C)C. The minimum atomic E-state index is -0.933. The third-order valence-corrected chi connectivity index (χ3v) is 12.2. The fourth-order valence-electron chi connectivity index (χ4n) is 8.25. The summed E-state index contributed by atoms with van der Waals surface area (Å²) in [4.78, 5) is 74.0. The van der Waals surface area contributed by atoms with Gasteiger partial charge in [0.1, 0.15) is 12.1 Å². The van der Waals surface area contributed by atoms with Crippen molar-refractivity contribution in [2.45, 2.75) is 128 Å². The van der Waals surface area contributed by atoms with Gasteiger partial charge in [0.2, 0.25) is 23.6 Å². The van der Waals surface area contributed by atoms with Crippen molar-refractivity contribution in [1.29, 1.82) is 0 Å². The van der Waals surface area contributed by atoms with Gasteiger partial charge in [-0.15, -0.1) is 0 Å². The van der Waals surface area contributed by atoms with Crippen LogP contribution in [0, 0.1) is 17.8 Å². The summed E-state index contributed by atoms with van der Waals surface area (Å²) in [6.45, 7) is 12.9. The van der Waals surface area contributed by atoms with Crippen LogP contribution >= 0.6 is 0 Å². The molecule has 9 atom stereocenters. The standard InChI is InChI=1S/C41H68N6O8/c1-12-26(4)35(46(8)38(50)34(25(2)3)44-40(52)41(6)20-14-21-45(41)7)32(53-9)24-33(48)47-22-13-15-31(47)36(54-10)27(5)37(49)43-30(39(51)55-11)23-28-16-18-29(42)19-17-28/h16-19,25-27,30-32,34-36H,12-15,20-24,42H2,1-11H3,(H,43,49)(H,44,52)/t26-,27+,30-,31-,32+,34?,35-,36+,41-/m0/s1. The van der Waals surface area contributed by atoms with Gasteiger partial charge in [-0.3, -0.25) is 24.1 Å². The van der Waals surface area contributed by atoms with Gasteiger partial charge in [-0.2, -0.15) is 0 Å². The molecular weight excluding hydrogens is 704 g/mol. The Morgan fingerprint density at radius 1 is 0.982 bits per heavy atom. The van der Waals surface area contributed by atoms with Crippen LogP contribution in [0.25, 0.3) is 0 Å². The quantitative estimate of drug-likeness (QED) is 0.140. The summed E-state index contributed by atoms with van der Waals surface area (Å²) in [5.74, 6) is -2.46. The van der Waals surface area contributed by atoms with E-state index in [0.717, 1.165) is 37.8 Å². The predicted octanol–water partition coefficient (Wildman–Crippen LogP) is 3.01. The van der Waals surface area contributed by atoms with Gasteiger partial charge in [-0.1, -0.05) is 53.2 Å². The molecular formula is C41H68N6O8. The highest BCUT2D eigenvalue weighted by Gasteiger charge is 2.45. The molecule has 1 unspecified atom stereocenters. The van der Waals surface area contributed by atoms with E-state index in [2.05, 4.69) is 10.6 Å². The topological polar surface area (TPSA) is 173 Å². The monoisotopic (exact) mass is 773 g/mol. The van der Waals surface area contributed by atoms with Crippen molar-refractivity contribution in [3.8, 4) is 0 Å². The molecule has 55 heavy (non-hydrogen) atoms. The number of esters is 1. The Balaban J connectivity index is 1.77. The number of methoxy groups -OCH3 is 3. The highest BCUT2D eigenvalue weighted by atomic mass is 16.5. The Labute approximate surface area is 328 Å². The van der Waals surface area contributed by atoms with Crippen LogP contribution in [0.15, 0.2) is 24.3 Å². The molecule has 2 aliphatic heterocycles. The molecule has 2 heterocycles. The first kappa shape index (κ1) is 45.6.